The molecule has 0 fully saturated rings. The number of thioether (sulfide) groups is 1. The first-order chi connectivity index (χ1) is 12.1. The van der Waals surface area contributed by atoms with E-state index in [0.29, 0.717) is 22.9 Å². The van der Waals surface area contributed by atoms with Crippen LogP contribution in [0.25, 0.3) is 0 Å². The van der Waals surface area contributed by atoms with Gasteiger partial charge in [-0.3, -0.25) is 4.79 Å². The Morgan fingerprint density at radius 2 is 2.20 bits per heavy atom. The number of rotatable bonds is 6. The molecule has 1 aromatic carbocycles. The molecule has 0 radical (unpaired) electrons. The maximum Gasteiger partial charge on any atom is 0.291 e. The second-order valence-electron chi connectivity index (χ2n) is 5.53. The van der Waals surface area contributed by atoms with Gasteiger partial charge in [-0.1, -0.05) is 17.8 Å². The number of benzene rings is 1. The van der Waals surface area contributed by atoms with Crippen molar-refractivity contribution in [3.8, 4) is 5.75 Å². The van der Waals surface area contributed by atoms with Crippen molar-refractivity contribution in [2.45, 2.75) is 17.8 Å². The molecule has 0 aliphatic carbocycles. The third kappa shape index (κ3) is 4.06. The Morgan fingerprint density at radius 1 is 1.36 bits per heavy atom. The molecular weight excluding hydrogens is 338 g/mol. The molecule has 130 valence electrons. The normalized spacial score (nSPS) is 10.7. The highest BCUT2D eigenvalue weighted by Gasteiger charge is 2.14. The summed E-state index contributed by atoms with van der Waals surface area (Å²) in [5, 5.41) is 3.73. The molecule has 0 saturated carbocycles. The molecule has 0 bridgehead atoms. The number of aryl methyl sites for hydroxylation is 2. The van der Waals surface area contributed by atoms with E-state index in [9.17, 15) is 4.79 Å². The van der Waals surface area contributed by atoms with E-state index in [1.165, 1.54) is 0 Å². The lowest BCUT2D eigenvalue weighted by Crippen LogP contribution is -2.11. The minimum absolute atomic E-state index is 0.263. The zero-order valence-electron chi connectivity index (χ0n) is 14.3. The van der Waals surface area contributed by atoms with Gasteiger partial charge in [0.25, 0.3) is 5.91 Å². The molecule has 25 heavy (non-hydrogen) atoms. The average Bonchev–Trinajstić information content (AvgIpc) is 3.22. The number of anilines is 1. The van der Waals surface area contributed by atoms with Gasteiger partial charge in [0.05, 0.1) is 18.6 Å². The molecule has 0 aliphatic heterocycles. The number of aromatic nitrogens is 2. The van der Waals surface area contributed by atoms with Crippen LogP contribution >= 0.6 is 11.8 Å². The van der Waals surface area contributed by atoms with Crippen LogP contribution in [0.2, 0.25) is 0 Å². The van der Waals surface area contributed by atoms with Gasteiger partial charge >= 0.3 is 0 Å². The Morgan fingerprint density at radius 3 is 2.92 bits per heavy atom. The van der Waals surface area contributed by atoms with Gasteiger partial charge in [-0.2, -0.15) is 0 Å². The Kier molecular flexibility index (Phi) is 5.14. The second kappa shape index (κ2) is 7.48. The number of methoxy groups -OCH3 is 1. The molecule has 2 aromatic heterocycles. The minimum Gasteiger partial charge on any atom is -0.495 e. The van der Waals surface area contributed by atoms with Gasteiger partial charge in [0.1, 0.15) is 11.5 Å². The fourth-order valence-electron chi connectivity index (χ4n) is 2.31. The molecule has 1 N–H and O–H groups in total. The first-order valence-electron chi connectivity index (χ1n) is 7.71. The summed E-state index contributed by atoms with van der Waals surface area (Å²) in [6, 6.07) is 9.08. The van der Waals surface area contributed by atoms with Crippen LogP contribution in [0.5, 0.6) is 5.75 Å². The maximum atomic E-state index is 12.4. The van der Waals surface area contributed by atoms with Gasteiger partial charge in [-0.05, 0) is 36.8 Å². The number of amides is 1. The van der Waals surface area contributed by atoms with Crippen molar-refractivity contribution < 1.29 is 13.9 Å². The van der Waals surface area contributed by atoms with Crippen LogP contribution in [0.15, 0.2) is 52.3 Å². The number of imidazole rings is 1. The number of furan rings is 1. The van der Waals surface area contributed by atoms with Crippen molar-refractivity contribution in [3.05, 3.63) is 59.8 Å². The fourth-order valence-corrected chi connectivity index (χ4v) is 3.13. The minimum atomic E-state index is -0.308. The fraction of sp³-hybridized carbons (Fsp3) is 0.222. The molecule has 0 atom stereocenters. The van der Waals surface area contributed by atoms with Crippen LogP contribution in [0.3, 0.4) is 0 Å². The summed E-state index contributed by atoms with van der Waals surface area (Å²) in [6.07, 6.45) is 3.64. The predicted octanol–water partition coefficient (Wildman–Crippen LogP) is 3.87. The molecule has 7 heteroatoms. The number of carbonyl (C=O) groups is 1. The number of hydrogen-bond acceptors (Lipinski definition) is 5. The number of hydrogen-bond donors (Lipinski definition) is 1. The van der Waals surface area contributed by atoms with E-state index in [0.717, 1.165) is 10.7 Å². The number of nitrogens with one attached hydrogen (secondary N) is 1. The van der Waals surface area contributed by atoms with Gasteiger partial charge in [-0.25, -0.2) is 4.98 Å². The summed E-state index contributed by atoms with van der Waals surface area (Å²) in [5.41, 5.74) is 1.65. The quantitative estimate of drug-likeness (QED) is 0.678. The Balaban J connectivity index is 1.66. The molecule has 0 aliphatic rings. The van der Waals surface area contributed by atoms with Crippen molar-refractivity contribution in [1.29, 1.82) is 0 Å². The van der Waals surface area contributed by atoms with E-state index in [-0.39, 0.29) is 11.7 Å². The van der Waals surface area contributed by atoms with E-state index in [4.69, 9.17) is 9.15 Å². The van der Waals surface area contributed by atoms with Crippen molar-refractivity contribution >= 4 is 23.4 Å². The molecule has 0 saturated heterocycles. The Bertz CT molecular complexity index is 885. The molecule has 3 aromatic rings. The van der Waals surface area contributed by atoms with Crippen molar-refractivity contribution in [2.24, 2.45) is 7.05 Å². The van der Waals surface area contributed by atoms with E-state index in [1.807, 2.05) is 42.9 Å². The van der Waals surface area contributed by atoms with E-state index in [1.54, 1.807) is 37.2 Å². The average molecular weight is 357 g/mol. The van der Waals surface area contributed by atoms with Gasteiger partial charge in [-0.15, -0.1) is 0 Å². The predicted molar refractivity (Wildman–Crippen MR) is 97.2 cm³/mol. The van der Waals surface area contributed by atoms with Crippen molar-refractivity contribution in [1.82, 2.24) is 9.55 Å². The number of carbonyl (C=O) groups excluding carboxylic acids is 1. The van der Waals surface area contributed by atoms with E-state index in [2.05, 4.69) is 10.3 Å². The summed E-state index contributed by atoms with van der Waals surface area (Å²) in [4.78, 5) is 16.7. The van der Waals surface area contributed by atoms with Gasteiger partial charge in [0.15, 0.2) is 10.9 Å². The van der Waals surface area contributed by atoms with Crippen LogP contribution in [-0.4, -0.2) is 22.6 Å². The molecule has 6 nitrogen and oxygen atoms in total. The summed E-state index contributed by atoms with van der Waals surface area (Å²) in [7, 11) is 3.51. The summed E-state index contributed by atoms with van der Waals surface area (Å²) in [5.74, 6) is 1.88. The molecular formula is C18H19N3O3S. The van der Waals surface area contributed by atoms with E-state index < -0.39 is 0 Å². The zero-order chi connectivity index (χ0) is 17.8. The third-order valence-corrected chi connectivity index (χ3v) is 4.69. The second-order valence-corrected chi connectivity index (χ2v) is 6.48. The summed E-state index contributed by atoms with van der Waals surface area (Å²) >= 11 is 1.55. The van der Waals surface area contributed by atoms with Crippen molar-refractivity contribution in [2.75, 3.05) is 12.4 Å². The highest BCUT2D eigenvalue weighted by atomic mass is 32.2. The SMILES string of the molecule is COc1ccc(C)cc1NC(=O)c1ccc(CSc2nccn2C)o1. The van der Waals surface area contributed by atoms with Crippen LogP contribution in [0.4, 0.5) is 5.69 Å². The van der Waals surface area contributed by atoms with Crippen LogP contribution in [0.1, 0.15) is 21.9 Å². The van der Waals surface area contributed by atoms with Crippen LogP contribution in [0, 0.1) is 6.92 Å². The smallest absolute Gasteiger partial charge is 0.291 e. The zero-order valence-corrected chi connectivity index (χ0v) is 15.1. The number of nitrogens with zero attached hydrogens (tertiary/aromatic N) is 2. The molecule has 3 rings (SSSR count). The van der Waals surface area contributed by atoms with Crippen molar-refractivity contribution in [3.63, 3.8) is 0 Å². The highest BCUT2D eigenvalue weighted by molar-refractivity contribution is 7.98. The largest absolute Gasteiger partial charge is 0.495 e. The topological polar surface area (TPSA) is 69.3 Å². The molecule has 1 amide bonds. The van der Waals surface area contributed by atoms with Gasteiger partial charge < -0.3 is 19.0 Å². The monoisotopic (exact) mass is 357 g/mol. The van der Waals surface area contributed by atoms with Crippen LogP contribution in [-0.2, 0) is 12.8 Å². The Labute approximate surface area is 150 Å². The third-order valence-electron chi connectivity index (χ3n) is 3.61. The van der Waals surface area contributed by atoms with Gasteiger partial charge in [0.2, 0.25) is 0 Å². The Hall–Kier alpha value is -2.67. The lowest BCUT2D eigenvalue weighted by atomic mass is 10.2. The maximum absolute atomic E-state index is 12.4. The lowest BCUT2D eigenvalue weighted by Gasteiger charge is -2.10. The van der Waals surface area contributed by atoms with E-state index >= 15 is 0 Å². The first-order valence-corrected chi connectivity index (χ1v) is 8.70. The standard InChI is InChI=1S/C18H19N3O3S/c1-12-4-6-15(23-3)14(10-12)20-17(22)16-7-5-13(24-16)11-25-18-19-8-9-21(18)2/h4-10H,11H2,1-3H3,(H,20,22). The summed E-state index contributed by atoms with van der Waals surface area (Å²) < 4.78 is 12.9. The molecule has 2 heterocycles. The summed E-state index contributed by atoms with van der Waals surface area (Å²) in [6.45, 7) is 1.95. The highest BCUT2D eigenvalue weighted by Crippen LogP contribution is 2.26. The first kappa shape index (κ1) is 17.2. The van der Waals surface area contributed by atoms with Crippen LogP contribution < -0.4 is 10.1 Å². The van der Waals surface area contributed by atoms with Gasteiger partial charge in [0, 0.05) is 19.4 Å². The lowest BCUT2D eigenvalue weighted by molar-refractivity contribution is 0.0995. The molecule has 0 unspecified atom stereocenters. The molecule has 0 spiro atoms. The number of ether oxygens (including phenoxy) is 1.